The molecule has 8 nitrogen and oxygen atoms in total. The zero-order chi connectivity index (χ0) is 18.6. The summed E-state index contributed by atoms with van der Waals surface area (Å²) >= 11 is 0. The summed E-state index contributed by atoms with van der Waals surface area (Å²) in [5.74, 6) is -0.723. The summed E-state index contributed by atoms with van der Waals surface area (Å²) in [6.07, 6.45) is 0. The highest BCUT2D eigenvalue weighted by molar-refractivity contribution is 7.89. The second-order valence-corrected chi connectivity index (χ2v) is 7.53. The molecule has 0 aliphatic rings. The Kier molecular flexibility index (Phi) is 5.60. The van der Waals surface area contributed by atoms with Crippen LogP contribution in [0.3, 0.4) is 0 Å². The first-order valence-corrected chi connectivity index (χ1v) is 8.83. The molecule has 0 aliphatic carbocycles. The smallest absolute Gasteiger partial charge is 0.305 e. The summed E-state index contributed by atoms with van der Waals surface area (Å²) in [6, 6.07) is 9.36. The average Bonchev–Trinajstić information content (AvgIpc) is 2.99. The van der Waals surface area contributed by atoms with E-state index >= 15 is 0 Å². The molecule has 1 aromatic heterocycles. The molecule has 134 valence electrons. The number of furan rings is 1. The molecule has 0 bridgehead atoms. The molecule has 0 atom stereocenters. The fraction of sp³-hybridized carbons (Fsp3) is 0.250. The number of amides is 2. The van der Waals surface area contributed by atoms with Crippen molar-refractivity contribution >= 4 is 21.8 Å². The number of nitrogens with one attached hydrogen (secondary N) is 2. The SMILES string of the molecule is Cc1ccc(S(=O)(=O)N(C)CC(=O)NNC(=O)c2ccc(C)o2)cc1. The molecule has 0 saturated heterocycles. The Bertz CT molecular complexity index is 871. The summed E-state index contributed by atoms with van der Waals surface area (Å²) < 4.78 is 30.8. The number of likely N-dealkylation sites (N-methyl/N-ethyl adjacent to an activating group) is 1. The predicted octanol–water partition coefficient (Wildman–Crippen LogP) is 0.978. The van der Waals surface area contributed by atoms with Crippen molar-refractivity contribution in [3.63, 3.8) is 0 Å². The van der Waals surface area contributed by atoms with Crippen molar-refractivity contribution in [3.05, 3.63) is 53.5 Å². The van der Waals surface area contributed by atoms with Crippen LogP contribution in [0.4, 0.5) is 0 Å². The van der Waals surface area contributed by atoms with E-state index in [9.17, 15) is 18.0 Å². The Labute approximate surface area is 145 Å². The minimum atomic E-state index is -3.80. The first kappa shape index (κ1) is 18.7. The van der Waals surface area contributed by atoms with Crippen LogP contribution in [0.1, 0.15) is 21.9 Å². The van der Waals surface area contributed by atoms with Crippen molar-refractivity contribution in [2.24, 2.45) is 0 Å². The highest BCUT2D eigenvalue weighted by Gasteiger charge is 2.23. The lowest BCUT2D eigenvalue weighted by Crippen LogP contribution is -2.46. The lowest BCUT2D eigenvalue weighted by molar-refractivity contribution is -0.121. The van der Waals surface area contributed by atoms with Gasteiger partial charge in [-0.2, -0.15) is 4.31 Å². The fourth-order valence-electron chi connectivity index (χ4n) is 1.96. The molecule has 0 spiro atoms. The van der Waals surface area contributed by atoms with E-state index in [-0.39, 0.29) is 10.7 Å². The summed E-state index contributed by atoms with van der Waals surface area (Å²) in [7, 11) is -2.51. The molecule has 0 saturated carbocycles. The predicted molar refractivity (Wildman–Crippen MR) is 90.0 cm³/mol. The molecule has 2 aromatic rings. The number of benzene rings is 1. The van der Waals surface area contributed by atoms with Crippen LogP contribution >= 0.6 is 0 Å². The normalized spacial score (nSPS) is 11.4. The van der Waals surface area contributed by atoms with Gasteiger partial charge in [0.15, 0.2) is 5.76 Å². The summed E-state index contributed by atoms with van der Waals surface area (Å²) in [5.41, 5.74) is 5.24. The van der Waals surface area contributed by atoms with Gasteiger partial charge in [-0.3, -0.25) is 20.4 Å². The first-order chi connectivity index (χ1) is 11.7. The third kappa shape index (κ3) is 4.68. The number of rotatable bonds is 5. The first-order valence-electron chi connectivity index (χ1n) is 7.39. The topological polar surface area (TPSA) is 109 Å². The van der Waals surface area contributed by atoms with E-state index in [1.807, 2.05) is 6.92 Å². The van der Waals surface area contributed by atoms with E-state index in [4.69, 9.17) is 4.42 Å². The molecule has 2 amide bonds. The van der Waals surface area contributed by atoms with Crippen LogP contribution in [-0.4, -0.2) is 38.1 Å². The second-order valence-electron chi connectivity index (χ2n) is 5.49. The number of hydrogen-bond acceptors (Lipinski definition) is 5. The van der Waals surface area contributed by atoms with Crippen LogP contribution in [0.25, 0.3) is 0 Å². The Hall–Kier alpha value is -2.65. The van der Waals surface area contributed by atoms with Gasteiger partial charge in [0, 0.05) is 7.05 Å². The van der Waals surface area contributed by atoms with Crippen LogP contribution in [0.5, 0.6) is 0 Å². The highest BCUT2D eigenvalue weighted by Crippen LogP contribution is 2.14. The van der Waals surface area contributed by atoms with Crippen molar-refractivity contribution in [1.82, 2.24) is 15.2 Å². The third-order valence-electron chi connectivity index (χ3n) is 3.38. The average molecular weight is 365 g/mol. The minimum Gasteiger partial charge on any atom is -0.456 e. The molecule has 0 fully saturated rings. The number of hydrogen-bond donors (Lipinski definition) is 2. The van der Waals surface area contributed by atoms with Crippen molar-refractivity contribution in [3.8, 4) is 0 Å². The van der Waals surface area contributed by atoms with Crippen LogP contribution in [0.2, 0.25) is 0 Å². The summed E-state index contributed by atoms with van der Waals surface area (Å²) in [4.78, 5) is 23.7. The monoisotopic (exact) mass is 365 g/mol. The quantitative estimate of drug-likeness (QED) is 0.768. The lowest BCUT2D eigenvalue weighted by atomic mass is 10.2. The zero-order valence-corrected chi connectivity index (χ0v) is 14.9. The summed E-state index contributed by atoms with van der Waals surface area (Å²) in [6.45, 7) is 3.07. The van der Waals surface area contributed by atoms with Gasteiger partial charge in [0.2, 0.25) is 10.0 Å². The molecule has 1 heterocycles. The van der Waals surface area contributed by atoms with E-state index in [0.29, 0.717) is 5.76 Å². The van der Waals surface area contributed by atoms with E-state index < -0.39 is 28.4 Å². The van der Waals surface area contributed by atoms with Crippen molar-refractivity contribution in [2.75, 3.05) is 13.6 Å². The highest BCUT2D eigenvalue weighted by atomic mass is 32.2. The maximum Gasteiger partial charge on any atom is 0.305 e. The number of hydrazine groups is 1. The molecule has 0 radical (unpaired) electrons. The molecule has 2 rings (SSSR count). The zero-order valence-electron chi connectivity index (χ0n) is 14.1. The number of nitrogens with zero attached hydrogens (tertiary/aromatic N) is 1. The Morgan fingerprint density at radius 1 is 1.04 bits per heavy atom. The van der Waals surface area contributed by atoms with E-state index in [0.717, 1.165) is 9.87 Å². The molecule has 9 heteroatoms. The van der Waals surface area contributed by atoms with Gasteiger partial charge in [0.25, 0.3) is 5.91 Å². The van der Waals surface area contributed by atoms with Gasteiger partial charge in [-0.15, -0.1) is 0 Å². The largest absolute Gasteiger partial charge is 0.456 e. The molecular weight excluding hydrogens is 346 g/mol. The van der Waals surface area contributed by atoms with Crippen molar-refractivity contribution in [1.29, 1.82) is 0 Å². The van der Waals surface area contributed by atoms with Crippen LogP contribution in [0.15, 0.2) is 45.7 Å². The lowest BCUT2D eigenvalue weighted by Gasteiger charge is -2.17. The van der Waals surface area contributed by atoms with Gasteiger partial charge in [0.05, 0.1) is 11.4 Å². The maximum absolute atomic E-state index is 12.4. The van der Waals surface area contributed by atoms with Gasteiger partial charge < -0.3 is 4.42 Å². The molecular formula is C16H19N3O5S. The van der Waals surface area contributed by atoms with Gasteiger partial charge >= 0.3 is 5.91 Å². The molecule has 0 aliphatic heterocycles. The standard InChI is InChI=1S/C16H19N3O5S/c1-11-4-7-13(8-5-11)25(22,23)19(3)10-15(20)17-18-16(21)14-9-6-12(2)24-14/h4-9H,10H2,1-3H3,(H,17,20)(H,18,21). The molecule has 0 unspecified atom stereocenters. The van der Waals surface area contributed by atoms with Crippen LogP contribution in [-0.2, 0) is 14.8 Å². The number of carbonyl (C=O) groups excluding carboxylic acids is 2. The Morgan fingerprint density at radius 3 is 2.24 bits per heavy atom. The number of sulfonamides is 1. The molecule has 2 N–H and O–H groups in total. The van der Waals surface area contributed by atoms with Gasteiger partial charge in [-0.1, -0.05) is 17.7 Å². The summed E-state index contributed by atoms with van der Waals surface area (Å²) in [5, 5.41) is 0. The van der Waals surface area contributed by atoms with Crippen LogP contribution < -0.4 is 10.9 Å². The van der Waals surface area contributed by atoms with E-state index in [1.54, 1.807) is 25.1 Å². The molecule has 1 aromatic carbocycles. The van der Waals surface area contributed by atoms with E-state index in [2.05, 4.69) is 10.9 Å². The third-order valence-corrected chi connectivity index (χ3v) is 5.19. The Morgan fingerprint density at radius 2 is 1.68 bits per heavy atom. The van der Waals surface area contributed by atoms with Gasteiger partial charge in [0.1, 0.15) is 5.76 Å². The van der Waals surface area contributed by atoms with Crippen molar-refractivity contribution < 1.29 is 22.4 Å². The second kappa shape index (κ2) is 7.49. The maximum atomic E-state index is 12.4. The fourth-order valence-corrected chi connectivity index (χ4v) is 3.09. The Balaban J connectivity index is 1.93. The van der Waals surface area contributed by atoms with Crippen molar-refractivity contribution in [2.45, 2.75) is 18.7 Å². The van der Waals surface area contributed by atoms with Gasteiger partial charge in [-0.05, 0) is 38.1 Å². The molecule has 25 heavy (non-hydrogen) atoms. The number of aryl methyl sites for hydroxylation is 2. The number of carbonyl (C=O) groups is 2. The van der Waals surface area contributed by atoms with Crippen LogP contribution in [0, 0.1) is 13.8 Å². The van der Waals surface area contributed by atoms with Gasteiger partial charge in [-0.25, -0.2) is 8.42 Å². The minimum absolute atomic E-state index is 0.0402. The van der Waals surface area contributed by atoms with E-state index in [1.165, 1.54) is 25.2 Å².